The second kappa shape index (κ2) is 7.08. The number of aliphatic imine (C=N–C) groups is 1. The Hall–Kier alpha value is -1.96. The zero-order valence-electron chi connectivity index (χ0n) is 13.8. The van der Waals surface area contributed by atoms with Crippen LogP contribution < -0.4 is 10.6 Å². The number of guanidine groups is 1. The van der Waals surface area contributed by atoms with Crippen molar-refractivity contribution in [2.24, 2.45) is 4.99 Å². The Kier molecular flexibility index (Phi) is 4.90. The lowest BCUT2D eigenvalue weighted by atomic mass is 10.1. The van der Waals surface area contributed by atoms with Gasteiger partial charge in [0.25, 0.3) is 0 Å². The molecule has 2 N–H and O–H groups in total. The number of rotatable bonds is 4. The Bertz CT molecular complexity index is 688. The van der Waals surface area contributed by atoms with Crippen LogP contribution in [0.25, 0.3) is 0 Å². The first kappa shape index (κ1) is 15.9. The van der Waals surface area contributed by atoms with Crippen molar-refractivity contribution in [2.75, 3.05) is 7.05 Å². The van der Waals surface area contributed by atoms with Gasteiger partial charge in [0.05, 0.1) is 23.3 Å². The van der Waals surface area contributed by atoms with Gasteiger partial charge in [-0.05, 0) is 26.2 Å². The molecule has 1 aliphatic rings. The molecule has 0 aliphatic carbocycles. The molecule has 1 unspecified atom stereocenters. The van der Waals surface area contributed by atoms with Crippen LogP contribution in [-0.2, 0) is 19.5 Å². The Morgan fingerprint density at radius 2 is 2.35 bits per heavy atom. The lowest BCUT2D eigenvalue weighted by molar-refractivity contribution is 0.397. The molecule has 3 heterocycles. The molecular weight excluding hydrogens is 310 g/mol. The summed E-state index contributed by atoms with van der Waals surface area (Å²) in [5.41, 5.74) is 1.05. The molecule has 124 valence electrons. The Morgan fingerprint density at radius 3 is 3.09 bits per heavy atom. The molecular formula is C15H23N7S. The average molecular weight is 333 g/mol. The Balaban J connectivity index is 1.62. The average Bonchev–Trinajstić information content (AvgIpc) is 3.16. The normalized spacial score (nSPS) is 17.9. The third kappa shape index (κ3) is 3.69. The van der Waals surface area contributed by atoms with E-state index >= 15 is 0 Å². The van der Waals surface area contributed by atoms with Crippen molar-refractivity contribution in [1.29, 1.82) is 0 Å². The fourth-order valence-electron chi connectivity index (χ4n) is 2.73. The first-order valence-corrected chi connectivity index (χ1v) is 8.89. The number of aryl methyl sites for hydroxylation is 3. The largest absolute Gasteiger partial charge is 0.351 e. The summed E-state index contributed by atoms with van der Waals surface area (Å²) in [6, 6.07) is 0.151. The molecule has 1 atom stereocenters. The van der Waals surface area contributed by atoms with Crippen molar-refractivity contribution in [2.45, 2.75) is 52.2 Å². The molecule has 7 nitrogen and oxygen atoms in total. The van der Waals surface area contributed by atoms with Gasteiger partial charge in [-0.3, -0.25) is 4.99 Å². The minimum Gasteiger partial charge on any atom is -0.351 e. The van der Waals surface area contributed by atoms with Gasteiger partial charge < -0.3 is 10.6 Å². The van der Waals surface area contributed by atoms with Crippen molar-refractivity contribution >= 4 is 17.3 Å². The summed E-state index contributed by atoms with van der Waals surface area (Å²) in [5, 5.41) is 14.5. The van der Waals surface area contributed by atoms with E-state index in [0.29, 0.717) is 6.54 Å². The maximum absolute atomic E-state index is 4.57. The fourth-order valence-corrected chi connectivity index (χ4v) is 3.48. The maximum Gasteiger partial charge on any atom is 0.191 e. The molecule has 0 bridgehead atoms. The topological polar surface area (TPSA) is 80.0 Å². The third-order valence-corrected chi connectivity index (χ3v) is 4.90. The summed E-state index contributed by atoms with van der Waals surface area (Å²) >= 11 is 1.70. The van der Waals surface area contributed by atoms with E-state index in [0.717, 1.165) is 49.1 Å². The van der Waals surface area contributed by atoms with Gasteiger partial charge in [-0.1, -0.05) is 6.92 Å². The van der Waals surface area contributed by atoms with Crippen molar-refractivity contribution < 1.29 is 0 Å². The van der Waals surface area contributed by atoms with Crippen LogP contribution in [0, 0.1) is 6.92 Å². The highest BCUT2D eigenvalue weighted by Crippen LogP contribution is 2.22. The second-order valence-corrected chi connectivity index (χ2v) is 6.53. The quantitative estimate of drug-likeness (QED) is 0.659. The van der Waals surface area contributed by atoms with Gasteiger partial charge >= 0.3 is 0 Å². The SMILES string of the molecule is CCc1nc(CNC(=NC)NC2CCCn3nc(C)nc32)cs1. The molecule has 0 spiro atoms. The van der Waals surface area contributed by atoms with Crippen molar-refractivity contribution in [1.82, 2.24) is 30.4 Å². The Morgan fingerprint density at radius 1 is 1.48 bits per heavy atom. The lowest BCUT2D eigenvalue weighted by Gasteiger charge is -2.24. The highest BCUT2D eigenvalue weighted by atomic mass is 32.1. The summed E-state index contributed by atoms with van der Waals surface area (Å²) in [5.74, 6) is 2.60. The minimum absolute atomic E-state index is 0.151. The minimum atomic E-state index is 0.151. The van der Waals surface area contributed by atoms with Crippen LogP contribution in [0.2, 0.25) is 0 Å². The number of hydrogen-bond acceptors (Lipinski definition) is 5. The van der Waals surface area contributed by atoms with Gasteiger partial charge in [-0.15, -0.1) is 11.3 Å². The van der Waals surface area contributed by atoms with Crippen LogP contribution >= 0.6 is 11.3 Å². The zero-order chi connectivity index (χ0) is 16.2. The molecule has 0 radical (unpaired) electrons. The Labute approximate surface area is 140 Å². The monoisotopic (exact) mass is 333 g/mol. The van der Waals surface area contributed by atoms with Crippen LogP contribution in [-0.4, -0.2) is 32.8 Å². The molecule has 0 saturated heterocycles. The lowest BCUT2D eigenvalue weighted by Crippen LogP contribution is -2.41. The van der Waals surface area contributed by atoms with Crippen molar-refractivity contribution in [3.8, 4) is 0 Å². The number of aromatic nitrogens is 4. The molecule has 2 aromatic rings. The molecule has 0 fully saturated rings. The highest BCUT2D eigenvalue weighted by molar-refractivity contribution is 7.09. The van der Waals surface area contributed by atoms with E-state index in [-0.39, 0.29) is 6.04 Å². The summed E-state index contributed by atoms with van der Waals surface area (Å²) < 4.78 is 2.00. The molecule has 2 aromatic heterocycles. The molecule has 0 aromatic carbocycles. The third-order valence-electron chi connectivity index (χ3n) is 3.85. The molecule has 0 amide bonds. The van der Waals surface area contributed by atoms with Crippen LogP contribution in [0.4, 0.5) is 0 Å². The van der Waals surface area contributed by atoms with Gasteiger partial charge in [-0.25, -0.2) is 14.6 Å². The van der Waals surface area contributed by atoms with E-state index in [2.05, 4.69) is 43.0 Å². The van der Waals surface area contributed by atoms with Crippen molar-refractivity contribution in [3.05, 3.63) is 27.7 Å². The first-order chi connectivity index (χ1) is 11.2. The van der Waals surface area contributed by atoms with E-state index in [9.17, 15) is 0 Å². The second-order valence-electron chi connectivity index (χ2n) is 5.59. The predicted octanol–water partition coefficient (Wildman–Crippen LogP) is 1.81. The van der Waals surface area contributed by atoms with Gasteiger partial charge in [-0.2, -0.15) is 5.10 Å². The smallest absolute Gasteiger partial charge is 0.191 e. The molecule has 8 heteroatoms. The predicted molar refractivity (Wildman–Crippen MR) is 91.6 cm³/mol. The number of nitrogens with one attached hydrogen (secondary N) is 2. The van der Waals surface area contributed by atoms with Crippen LogP contribution in [0.5, 0.6) is 0 Å². The van der Waals surface area contributed by atoms with E-state index < -0.39 is 0 Å². The van der Waals surface area contributed by atoms with Crippen LogP contribution in [0.3, 0.4) is 0 Å². The van der Waals surface area contributed by atoms with Crippen molar-refractivity contribution in [3.63, 3.8) is 0 Å². The summed E-state index contributed by atoms with van der Waals surface area (Å²) in [4.78, 5) is 13.4. The molecule has 23 heavy (non-hydrogen) atoms. The maximum atomic E-state index is 4.57. The van der Waals surface area contributed by atoms with E-state index in [1.807, 2.05) is 11.6 Å². The number of fused-ring (bicyclic) bond motifs is 1. The number of hydrogen-bond donors (Lipinski definition) is 2. The number of nitrogens with zero attached hydrogens (tertiary/aromatic N) is 5. The first-order valence-electron chi connectivity index (χ1n) is 8.01. The van der Waals surface area contributed by atoms with Gasteiger partial charge in [0.15, 0.2) is 5.96 Å². The summed E-state index contributed by atoms with van der Waals surface area (Å²) in [7, 11) is 1.78. The zero-order valence-corrected chi connectivity index (χ0v) is 14.7. The molecule has 0 saturated carbocycles. The highest BCUT2D eigenvalue weighted by Gasteiger charge is 2.24. The molecule has 1 aliphatic heterocycles. The fraction of sp³-hybridized carbons (Fsp3) is 0.600. The van der Waals surface area contributed by atoms with Gasteiger partial charge in [0.2, 0.25) is 0 Å². The van der Waals surface area contributed by atoms with Gasteiger partial charge in [0, 0.05) is 19.0 Å². The standard InChI is InChI=1S/C15H23N7S/c1-4-13-19-11(9-23-13)8-17-15(16-3)20-12-6-5-7-22-14(12)18-10(2)21-22/h9,12H,4-8H2,1-3H3,(H2,16,17,20). The van der Waals surface area contributed by atoms with Crippen LogP contribution in [0.1, 0.15) is 48.2 Å². The van der Waals surface area contributed by atoms with Gasteiger partial charge in [0.1, 0.15) is 11.6 Å². The summed E-state index contributed by atoms with van der Waals surface area (Å²) in [6.45, 7) is 5.67. The number of thiazole rings is 1. The molecule has 3 rings (SSSR count). The van der Waals surface area contributed by atoms with Crippen LogP contribution in [0.15, 0.2) is 10.4 Å². The van der Waals surface area contributed by atoms with E-state index in [1.165, 1.54) is 5.01 Å². The summed E-state index contributed by atoms with van der Waals surface area (Å²) in [6.07, 6.45) is 3.11. The van der Waals surface area contributed by atoms with E-state index in [4.69, 9.17) is 0 Å². The van der Waals surface area contributed by atoms with E-state index in [1.54, 1.807) is 18.4 Å².